The van der Waals surface area contributed by atoms with Crippen molar-refractivity contribution in [3.05, 3.63) is 96.6 Å². The molecular weight excluding hydrogens is 462 g/mol. The number of hydrogen-bond donors (Lipinski definition) is 2. The number of nitrogens with zero attached hydrogens (tertiary/aromatic N) is 1. The maximum Gasteiger partial charge on any atom is 0.261 e. The average molecular weight is 502 g/mol. The zero-order valence-corrected chi connectivity index (χ0v) is 22.8. The van der Waals surface area contributed by atoms with Crippen LogP contribution in [-0.4, -0.2) is 54.3 Å². The van der Waals surface area contributed by atoms with Crippen LogP contribution in [0.25, 0.3) is 0 Å². The molecule has 1 aliphatic heterocycles. The van der Waals surface area contributed by atoms with Crippen LogP contribution in [0.3, 0.4) is 0 Å². The van der Waals surface area contributed by atoms with E-state index in [1.807, 2.05) is 6.07 Å². The van der Waals surface area contributed by atoms with Crippen molar-refractivity contribution in [2.24, 2.45) is 5.92 Å². The van der Waals surface area contributed by atoms with Crippen LogP contribution in [0.1, 0.15) is 45.7 Å². The predicted octanol–water partition coefficient (Wildman–Crippen LogP) is 4.12. The largest absolute Gasteiger partial charge is 0.406 e. The molecule has 3 aromatic carbocycles. The summed E-state index contributed by atoms with van der Waals surface area (Å²) in [5.41, 5.74) is 1.22. The van der Waals surface area contributed by atoms with Gasteiger partial charge in [-0.2, -0.15) is 0 Å². The van der Waals surface area contributed by atoms with E-state index < -0.39 is 20.5 Å². The summed E-state index contributed by atoms with van der Waals surface area (Å²) in [7, 11) is -2.70. The molecule has 0 radical (unpaired) electrons. The van der Waals surface area contributed by atoms with E-state index in [2.05, 4.69) is 118 Å². The second kappa shape index (κ2) is 9.88. The number of benzene rings is 3. The van der Waals surface area contributed by atoms with Gasteiger partial charge >= 0.3 is 0 Å². The zero-order valence-electron chi connectivity index (χ0n) is 21.8. The summed E-state index contributed by atoms with van der Waals surface area (Å²) in [6.45, 7) is 9.62. The molecule has 190 valence electrons. The van der Waals surface area contributed by atoms with Gasteiger partial charge in [-0.1, -0.05) is 112 Å². The third-order valence-corrected chi connectivity index (χ3v) is 13.6. The Morgan fingerprint density at radius 3 is 1.83 bits per heavy atom. The maximum atomic E-state index is 10.9. The lowest BCUT2D eigenvalue weighted by atomic mass is 9.93. The Bertz CT molecular complexity index is 1100. The lowest BCUT2D eigenvalue weighted by molar-refractivity contribution is -0.0870. The summed E-state index contributed by atoms with van der Waals surface area (Å²) in [6.07, 6.45) is -0.624. The molecule has 0 spiro atoms. The summed E-state index contributed by atoms with van der Waals surface area (Å²) >= 11 is 0. The number of piperidine rings is 1. The molecule has 5 rings (SSSR count). The van der Waals surface area contributed by atoms with Crippen molar-refractivity contribution in [1.29, 1.82) is 0 Å². The molecule has 1 aliphatic carbocycles. The molecule has 3 aromatic rings. The lowest BCUT2D eigenvalue weighted by Gasteiger charge is -2.47. The van der Waals surface area contributed by atoms with Gasteiger partial charge in [-0.25, -0.2) is 0 Å². The highest BCUT2D eigenvalue weighted by Crippen LogP contribution is 2.48. The van der Waals surface area contributed by atoms with Crippen LogP contribution in [0.15, 0.2) is 91.0 Å². The van der Waals surface area contributed by atoms with Gasteiger partial charge in [0.25, 0.3) is 8.32 Å². The van der Waals surface area contributed by atoms with Crippen molar-refractivity contribution >= 4 is 18.7 Å². The molecule has 0 amide bonds. The highest BCUT2D eigenvalue weighted by atomic mass is 28.4. The molecule has 0 aromatic heterocycles. The normalized spacial score (nSPS) is 27.3. The standard InChI is InChI=1S/C31H39NO3Si/c1-22(23-14-8-5-9-15-23)32-27-20-26(29(33)30(27)34)28(32)21-35-36(31(2,3)4,24-16-10-6-11-17-24)25-18-12-7-13-19-25/h5-19,22,26-30,33-34H,20-21H2,1-4H3/t22-,26+,27+,28-,29+,30-/m1/s1. The number of fused-ring (bicyclic) bond motifs is 2. The summed E-state index contributed by atoms with van der Waals surface area (Å²) in [5.74, 6) is -0.00521. The first-order valence-corrected chi connectivity index (χ1v) is 15.1. The molecule has 2 bridgehead atoms. The fourth-order valence-electron chi connectivity index (χ4n) is 6.85. The fraction of sp³-hybridized carbons (Fsp3) is 0.419. The second-order valence-corrected chi connectivity index (χ2v) is 15.8. The molecule has 4 nitrogen and oxygen atoms in total. The number of rotatable bonds is 7. The third kappa shape index (κ3) is 4.17. The smallest absolute Gasteiger partial charge is 0.261 e. The number of aliphatic hydroxyl groups excluding tert-OH is 2. The molecule has 2 aliphatic rings. The van der Waals surface area contributed by atoms with Gasteiger partial charge in [0.1, 0.15) is 0 Å². The predicted molar refractivity (Wildman–Crippen MR) is 148 cm³/mol. The van der Waals surface area contributed by atoms with Crippen LogP contribution in [0, 0.1) is 5.92 Å². The molecule has 36 heavy (non-hydrogen) atoms. The fourth-order valence-corrected chi connectivity index (χ4v) is 11.4. The van der Waals surface area contributed by atoms with Crippen LogP contribution in [0.4, 0.5) is 0 Å². The van der Waals surface area contributed by atoms with Gasteiger partial charge in [0, 0.05) is 24.0 Å². The SMILES string of the molecule is C[C@H](c1ccccc1)N1[C@H](CO[Si](c2ccccc2)(c2ccccc2)C(C)(C)C)[C@@H]2C[C@H]1[C@@H](O)[C@H]2O. The van der Waals surface area contributed by atoms with Gasteiger partial charge in [0.2, 0.25) is 0 Å². The second-order valence-electron chi connectivity index (χ2n) is 11.5. The molecular formula is C31H39NO3Si. The minimum absolute atomic E-state index is 0.00521. The van der Waals surface area contributed by atoms with E-state index in [4.69, 9.17) is 4.43 Å². The number of likely N-dealkylation sites (tertiary alicyclic amines) is 1. The third-order valence-electron chi connectivity index (χ3n) is 8.57. The topological polar surface area (TPSA) is 52.9 Å². The van der Waals surface area contributed by atoms with Gasteiger partial charge in [-0.3, -0.25) is 4.90 Å². The number of hydrogen-bond acceptors (Lipinski definition) is 4. The first-order chi connectivity index (χ1) is 17.3. The van der Waals surface area contributed by atoms with Crippen LogP contribution in [0.5, 0.6) is 0 Å². The zero-order chi connectivity index (χ0) is 25.5. The minimum atomic E-state index is -2.70. The van der Waals surface area contributed by atoms with Crippen molar-refractivity contribution in [2.45, 2.75) is 69.5 Å². The lowest BCUT2D eigenvalue weighted by Crippen LogP contribution is -2.68. The van der Waals surface area contributed by atoms with E-state index in [9.17, 15) is 10.2 Å². The van der Waals surface area contributed by atoms with Gasteiger partial charge in [-0.05, 0) is 34.3 Å². The van der Waals surface area contributed by atoms with Gasteiger partial charge in [0.05, 0.1) is 18.8 Å². The Morgan fingerprint density at radius 2 is 1.33 bits per heavy atom. The molecule has 5 heteroatoms. The number of aliphatic hydroxyl groups is 2. The van der Waals surface area contributed by atoms with E-state index in [1.54, 1.807) is 0 Å². The van der Waals surface area contributed by atoms with Crippen molar-refractivity contribution < 1.29 is 14.6 Å². The first kappa shape index (κ1) is 25.4. The van der Waals surface area contributed by atoms with Crippen LogP contribution < -0.4 is 10.4 Å². The Labute approximate surface area is 216 Å². The van der Waals surface area contributed by atoms with Gasteiger partial charge < -0.3 is 14.6 Å². The van der Waals surface area contributed by atoms with Crippen LogP contribution >= 0.6 is 0 Å². The van der Waals surface area contributed by atoms with E-state index in [0.717, 1.165) is 6.42 Å². The molecule has 1 saturated heterocycles. The molecule has 6 atom stereocenters. The molecule has 2 N–H and O–H groups in total. The summed E-state index contributed by atoms with van der Waals surface area (Å²) in [4.78, 5) is 2.43. The van der Waals surface area contributed by atoms with Crippen molar-refractivity contribution in [3.8, 4) is 0 Å². The molecule has 1 saturated carbocycles. The van der Waals surface area contributed by atoms with E-state index in [-0.39, 0.29) is 29.1 Å². The van der Waals surface area contributed by atoms with Crippen molar-refractivity contribution in [2.75, 3.05) is 6.61 Å². The van der Waals surface area contributed by atoms with E-state index in [1.165, 1.54) is 15.9 Å². The van der Waals surface area contributed by atoms with Gasteiger partial charge in [-0.15, -0.1) is 0 Å². The minimum Gasteiger partial charge on any atom is -0.406 e. The van der Waals surface area contributed by atoms with Crippen LogP contribution in [-0.2, 0) is 4.43 Å². The Kier molecular flexibility index (Phi) is 6.96. The highest BCUT2D eigenvalue weighted by molar-refractivity contribution is 6.99. The summed E-state index contributed by atoms with van der Waals surface area (Å²) in [6, 6.07) is 32.0. The molecule has 0 unspecified atom stereocenters. The Morgan fingerprint density at radius 1 is 0.833 bits per heavy atom. The van der Waals surface area contributed by atoms with E-state index >= 15 is 0 Å². The highest BCUT2D eigenvalue weighted by Gasteiger charge is 2.59. The van der Waals surface area contributed by atoms with Crippen molar-refractivity contribution in [1.82, 2.24) is 4.90 Å². The monoisotopic (exact) mass is 501 g/mol. The summed E-state index contributed by atoms with van der Waals surface area (Å²) in [5, 5.41) is 24.2. The Balaban J connectivity index is 1.54. The average Bonchev–Trinajstić information content (AvgIpc) is 3.40. The Hall–Kier alpha value is -2.28. The van der Waals surface area contributed by atoms with Gasteiger partial charge in [0.15, 0.2) is 0 Å². The quantitative estimate of drug-likeness (QED) is 0.478. The molecule has 1 heterocycles. The maximum absolute atomic E-state index is 10.9. The van der Waals surface area contributed by atoms with E-state index in [0.29, 0.717) is 6.61 Å². The summed E-state index contributed by atoms with van der Waals surface area (Å²) < 4.78 is 7.31. The van der Waals surface area contributed by atoms with Crippen LogP contribution in [0.2, 0.25) is 5.04 Å². The van der Waals surface area contributed by atoms with Crippen molar-refractivity contribution in [3.63, 3.8) is 0 Å². The molecule has 2 fully saturated rings. The first-order valence-electron chi connectivity index (χ1n) is 13.2.